The molecule has 0 bridgehead atoms. The van der Waals surface area contributed by atoms with Crippen molar-refractivity contribution < 1.29 is 9.59 Å². The Morgan fingerprint density at radius 2 is 2.00 bits per heavy atom. The molecule has 2 N–H and O–H groups in total. The molecule has 2 atom stereocenters. The van der Waals surface area contributed by atoms with Crippen molar-refractivity contribution in [3.8, 4) is 11.1 Å². The maximum atomic E-state index is 12.9. The Hall–Kier alpha value is -2.35. The van der Waals surface area contributed by atoms with Crippen molar-refractivity contribution >= 4 is 23.4 Å². The molecule has 2 aliphatic heterocycles. The number of carbonyl (C=O) groups is 2. The maximum Gasteiger partial charge on any atom is 0.268 e. The van der Waals surface area contributed by atoms with Gasteiger partial charge >= 0.3 is 0 Å². The third-order valence-corrected chi connectivity index (χ3v) is 6.71. The van der Waals surface area contributed by atoms with E-state index in [1.165, 1.54) is 0 Å². The predicted molar refractivity (Wildman–Crippen MR) is 127 cm³/mol. The third-order valence-electron chi connectivity index (χ3n) is 6.48. The van der Waals surface area contributed by atoms with E-state index < -0.39 is 0 Å². The summed E-state index contributed by atoms with van der Waals surface area (Å²) in [4.78, 5) is 30.1. The molecule has 0 radical (unpaired) electrons. The summed E-state index contributed by atoms with van der Waals surface area (Å²) in [6.45, 7) is 9.54. The largest absolute Gasteiger partial charge is 0.352 e. The first kappa shape index (κ1) is 22.8. The molecule has 0 saturated carbocycles. The van der Waals surface area contributed by atoms with Crippen LogP contribution in [0.4, 0.5) is 0 Å². The fraction of sp³-hybridized carbons (Fsp3) is 0.500. The van der Waals surface area contributed by atoms with Crippen LogP contribution in [0.2, 0.25) is 5.02 Å². The Bertz CT molecular complexity index is 996. The number of rotatable bonds is 6. The van der Waals surface area contributed by atoms with Crippen molar-refractivity contribution in [3.05, 3.63) is 46.7 Å². The second-order valence-electron chi connectivity index (χ2n) is 9.05. The topological polar surface area (TPSA) is 69.6 Å². The van der Waals surface area contributed by atoms with Crippen LogP contribution in [0.15, 0.2) is 30.3 Å². The summed E-state index contributed by atoms with van der Waals surface area (Å²) in [6.07, 6.45) is 0.324. The highest BCUT2D eigenvalue weighted by Crippen LogP contribution is 2.33. The van der Waals surface area contributed by atoms with Gasteiger partial charge in [-0.15, -0.1) is 0 Å². The van der Waals surface area contributed by atoms with E-state index >= 15 is 0 Å². The fourth-order valence-electron chi connectivity index (χ4n) is 4.78. The normalized spacial score (nSPS) is 20.5. The SMILES string of the molecule is Cc1c(-c2cccc(Cl)c2)cc2n1C(CC(=O)NC(C)CN1CCN(C)CC1)CNC2=O. The van der Waals surface area contributed by atoms with Crippen LogP contribution in [0.5, 0.6) is 0 Å². The van der Waals surface area contributed by atoms with Gasteiger partial charge in [0.1, 0.15) is 5.69 Å². The van der Waals surface area contributed by atoms with Crippen molar-refractivity contribution in [1.82, 2.24) is 25.0 Å². The number of carbonyl (C=O) groups excluding carboxylic acids is 2. The van der Waals surface area contributed by atoms with Crippen LogP contribution in [0.1, 0.15) is 35.6 Å². The smallest absolute Gasteiger partial charge is 0.268 e. The van der Waals surface area contributed by atoms with Crippen LogP contribution in [0.3, 0.4) is 0 Å². The van der Waals surface area contributed by atoms with Crippen molar-refractivity contribution in [2.45, 2.75) is 32.4 Å². The quantitative estimate of drug-likeness (QED) is 0.699. The fourth-order valence-corrected chi connectivity index (χ4v) is 4.97. The number of hydrogen-bond acceptors (Lipinski definition) is 4. The number of amides is 2. The zero-order valence-electron chi connectivity index (χ0n) is 19.0. The minimum absolute atomic E-state index is 0.0103. The number of nitrogens with one attached hydrogen (secondary N) is 2. The lowest BCUT2D eigenvalue weighted by molar-refractivity contribution is -0.122. The highest BCUT2D eigenvalue weighted by molar-refractivity contribution is 6.30. The van der Waals surface area contributed by atoms with Gasteiger partial charge < -0.3 is 20.1 Å². The lowest BCUT2D eigenvalue weighted by Gasteiger charge is -2.34. The minimum Gasteiger partial charge on any atom is -0.352 e. The average Bonchev–Trinajstić information content (AvgIpc) is 3.10. The van der Waals surface area contributed by atoms with E-state index in [0.29, 0.717) is 23.7 Å². The van der Waals surface area contributed by atoms with E-state index in [1.54, 1.807) is 0 Å². The lowest BCUT2D eigenvalue weighted by atomic mass is 10.1. The van der Waals surface area contributed by atoms with Gasteiger partial charge in [0.15, 0.2) is 0 Å². The number of aromatic nitrogens is 1. The van der Waals surface area contributed by atoms with Crippen LogP contribution >= 0.6 is 11.6 Å². The van der Waals surface area contributed by atoms with E-state index in [4.69, 9.17) is 11.6 Å². The molecule has 4 rings (SSSR count). The predicted octanol–water partition coefficient (Wildman–Crippen LogP) is 2.54. The molecule has 7 nitrogen and oxygen atoms in total. The van der Waals surface area contributed by atoms with Crippen molar-refractivity contribution in [2.75, 3.05) is 46.3 Å². The Labute approximate surface area is 194 Å². The van der Waals surface area contributed by atoms with E-state index in [-0.39, 0.29) is 23.9 Å². The zero-order chi connectivity index (χ0) is 22.8. The Morgan fingerprint density at radius 1 is 1.25 bits per heavy atom. The summed E-state index contributed by atoms with van der Waals surface area (Å²) >= 11 is 6.18. The number of halogens is 1. The van der Waals surface area contributed by atoms with Gasteiger partial charge in [-0.25, -0.2) is 0 Å². The van der Waals surface area contributed by atoms with Gasteiger partial charge in [0.2, 0.25) is 5.91 Å². The molecular weight excluding hydrogens is 426 g/mol. The van der Waals surface area contributed by atoms with Crippen molar-refractivity contribution in [3.63, 3.8) is 0 Å². The van der Waals surface area contributed by atoms with Crippen molar-refractivity contribution in [2.24, 2.45) is 0 Å². The van der Waals surface area contributed by atoms with Crippen LogP contribution in [-0.4, -0.2) is 78.5 Å². The maximum absolute atomic E-state index is 12.9. The van der Waals surface area contributed by atoms with Crippen LogP contribution < -0.4 is 10.6 Å². The first-order valence-electron chi connectivity index (χ1n) is 11.3. The van der Waals surface area contributed by atoms with Gasteiger partial charge in [-0.05, 0) is 44.7 Å². The highest BCUT2D eigenvalue weighted by Gasteiger charge is 2.30. The molecule has 0 aliphatic carbocycles. The van der Waals surface area contributed by atoms with Gasteiger partial charge in [0.05, 0.1) is 6.04 Å². The number of hydrogen-bond donors (Lipinski definition) is 2. The molecule has 3 heterocycles. The minimum atomic E-state index is -0.119. The van der Waals surface area contributed by atoms with E-state index in [2.05, 4.69) is 34.4 Å². The molecule has 1 saturated heterocycles. The molecule has 1 aromatic heterocycles. The van der Waals surface area contributed by atoms with Gasteiger partial charge in [-0.2, -0.15) is 0 Å². The number of benzene rings is 1. The number of likely N-dealkylation sites (N-methyl/N-ethyl adjacent to an activating group) is 1. The van der Waals surface area contributed by atoms with Crippen LogP contribution in [0.25, 0.3) is 11.1 Å². The number of fused-ring (bicyclic) bond motifs is 1. The second-order valence-corrected chi connectivity index (χ2v) is 9.49. The Balaban J connectivity index is 1.44. The molecule has 1 fully saturated rings. The molecule has 32 heavy (non-hydrogen) atoms. The summed E-state index contributed by atoms with van der Waals surface area (Å²) in [6, 6.07) is 9.48. The number of piperazine rings is 1. The molecule has 2 amide bonds. The Kier molecular flexibility index (Phi) is 6.88. The number of nitrogens with zero attached hydrogens (tertiary/aromatic N) is 3. The van der Waals surface area contributed by atoms with Crippen LogP contribution in [-0.2, 0) is 4.79 Å². The van der Waals surface area contributed by atoms with Gasteiger partial charge in [-0.1, -0.05) is 23.7 Å². The molecule has 2 unspecified atom stereocenters. The summed E-state index contributed by atoms with van der Waals surface area (Å²) in [5.41, 5.74) is 3.49. The van der Waals surface area contributed by atoms with Gasteiger partial charge in [0, 0.05) is 68.0 Å². The summed E-state index contributed by atoms with van der Waals surface area (Å²) < 4.78 is 2.01. The zero-order valence-corrected chi connectivity index (χ0v) is 19.8. The molecule has 1 aromatic carbocycles. The first-order chi connectivity index (χ1) is 15.3. The third kappa shape index (κ3) is 5.00. The molecular formula is C24H32ClN5O2. The van der Waals surface area contributed by atoms with E-state index in [1.807, 2.05) is 41.8 Å². The summed E-state index contributed by atoms with van der Waals surface area (Å²) in [5, 5.41) is 6.75. The molecule has 2 aliphatic rings. The summed E-state index contributed by atoms with van der Waals surface area (Å²) in [7, 11) is 2.14. The monoisotopic (exact) mass is 457 g/mol. The molecule has 2 aromatic rings. The second kappa shape index (κ2) is 9.65. The van der Waals surface area contributed by atoms with Gasteiger partial charge in [0.25, 0.3) is 5.91 Å². The average molecular weight is 458 g/mol. The molecule has 8 heteroatoms. The highest BCUT2D eigenvalue weighted by atomic mass is 35.5. The lowest BCUT2D eigenvalue weighted by Crippen LogP contribution is -2.50. The van der Waals surface area contributed by atoms with Crippen molar-refractivity contribution in [1.29, 1.82) is 0 Å². The van der Waals surface area contributed by atoms with Crippen LogP contribution in [0, 0.1) is 6.92 Å². The standard InChI is InChI=1S/C24H32ClN5O2/c1-16(15-29-9-7-28(3)8-10-29)27-23(31)12-20-14-26-24(32)22-13-21(17(2)30(20)22)18-5-4-6-19(25)11-18/h4-6,11,13,16,20H,7-10,12,14-15H2,1-3H3,(H,26,32)(H,27,31). The van der Waals surface area contributed by atoms with E-state index in [9.17, 15) is 9.59 Å². The Morgan fingerprint density at radius 3 is 2.72 bits per heavy atom. The summed E-state index contributed by atoms with van der Waals surface area (Å²) in [5.74, 6) is -0.0994. The molecule has 0 spiro atoms. The molecule has 172 valence electrons. The first-order valence-corrected chi connectivity index (χ1v) is 11.7. The van der Waals surface area contributed by atoms with Gasteiger partial charge in [-0.3, -0.25) is 14.5 Å². The van der Waals surface area contributed by atoms with E-state index in [0.717, 1.165) is 49.5 Å².